The molecule has 1 aromatic heterocycles. The quantitative estimate of drug-likeness (QED) is 0.470. The molecule has 0 saturated heterocycles. The molecule has 7 heteroatoms. The lowest BCUT2D eigenvalue weighted by Crippen LogP contribution is -2.29. The molecule has 0 spiro atoms. The Bertz CT molecular complexity index is 1210. The monoisotopic (exact) mass is 411 g/mol. The van der Waals surface area contributed by atoms with Crippen LogP contribution in [0.1, 0.15) is 49.4 Å². The normalized spacial score (nSPS) is 12.5. The molecule has 7 nitrogen and oxygen atoms in total. The first-order valence-corrected chi connectivity index (χ1v) is 9.65. The first-order chi connectivity index (χ1) is 15.0. The van der Waals surface area contributed by atoms with Crippen LogP contribution in [0, 0.1) is 11.3 Å². The summed E-state index contributed by atoms with van der Waals surface area (Å²) in [6, 6.07) is 18.9. The third-order valence-electron chi connectivity index (χ3n) is 4.91. The van der Waals surface area contributed by atoms with Crippen LogP contribution in [-0.4, -0.2) is 34.3 Å². The van der Waals surface area contributed by atoms with Crippen LogP contribution in [0.2, 0.25) is 0 Å². The van der Waals surface area contributed by atoms with E-state index in [9.17, 15) is 14.4 Å². The predicted molar refractivity (Wildman–Crippen MR) is 111 cm³/mol. The molecule has 0 N–H and O–H groups in total. The van der Waals surface area contributed by atoms with Gasteiger partial charge in [-0.05, 0) is 54.4 Å². The van der Waals surface area contributed by atoms with Gasteiger partial charge in [0.05, 0.1) is 41.6 Å². The Balaban J connectivity index is 1.72. The molecule has 0 saturated carbocycles. The summed E-state index contributed by atoms with van der Waals surface area (Å²) in [5, 5.41) is 9.01. The Labute approximate surface area is 178 Å². The van der Waals surface area contributed by atoms with Crippen molar-refractivity contribution in [3.05, 3.63) is 88.7 Å². The lowest BCUT2D eigenvalue weighted by Gasteiger charge is -2.15. The number of rotatable bonds is 5. The summed E-state index contributed by atoms with van der Waals surface area (Å²) in [7, 11) is 0. The topological polar surface area (TPSA) is 100 Å². The van der Waals surface area contributed by atoms with Crippen LogP contribution in [0.25, 0.3) is 11.1 Å². The Morgan fingerprint density at radius 3 is 2.23 bits per heavy atom. The number of amides is 2. The van der Waals surface area contributed by atoms with Crippen LogP contribution in [0.15, 0.2) is 60.7 Å². The highest BCUT2D eigenvalue weighted by Crippen LogP contribution is 2.26. The van der Waals surface area contributed by atoms with Gasteiger partial charge in [0.1, 0.15) is 5.69 Å². The van der Waals surface area contributed by atoms with Gasteiger partial charge >= 0.3 is 5.97 Å². The summed E-state index contributed by atoms with van der Waals surface area (Å²) in [4.78, 5) is 43.2. The lowest BCUT2D eigenvalue weighted by atomic mass is 10.0. The maximum absolute atomic E-state index is 12.7. The number of aromatic nitrogens is 1. The minimum Gasteiger partial charge on any atom is -0.461 e. The fraction of sp³-hybridized carbons (Fsp3) is 0.125. The first-order valence-electron chi connectivity index (χ1n) is 9.65. The number of carbonyl (C=O) groups excluding carboxylic acids is 3. The number of imide groups is 1. The molecule has 152 valence electrons. The number of hydrogen-bond acceptors (Lipinski definition) is 6. The first kappa shape index (κ1) is 20.0. The van der Waals surface area contributed by atoms with Crippen molar-refractivity contribution in [3.63, 3.8) is 0 Å². The number of pyridine rings is 1. The van der Waals surface area contributed by atoms with Crippen LogP contribution < -0.4 is 0 Å². The molecule has 0 atom stereocenters. The second-order valence-corrected chi connectivity index (χ2v) is 6.88. The van der Waals surface area contributed by atoms with E-state index in [0.717, 1.165) is 10.5 Å². The molecule has 2 amide bonds. The number of fused-ring (bicyclic) bond motifs is 1. The van der Waals surface area contributed by atoms with E-state index < -0.39 is 17.8 Å². The highest BCUT2D eigenvalue weighted by molar-refractivity contribution is 6.21. The minimum absolute atomic E-state index is 0.0790. The largest absolute Gasteiger partial charge is 0.461 e. The van der Waals surface area contributed by atoms with E-state index >= 15 is 0 Å². The van der Waals surface area contributed by atoms with Crippen molar-refractivity contribution in [2.45, 2.75) is 13.5 Å². The number of hydrogen-bond donors (Lipinski definition) is 0. The molecular weight excluding hydrogens is 394 g/mol. The number of benzene rings is 2. The molecule has 31 heavy (non-hydrogen) atoms. The van der Waals surface area contributed by atoms with Gasteiger partial charge in [0.25, 0.3) is 11.8 Å². The zero-order valence-electron chi connectivity index (χ0n) is 16.7. The molecule has 2 heterocycles. The highest BCUT2D eigenvalue weighted by atomic mass is 16.5. The molecule has 0 aliphatic carbocycles. The third-order valence-corrected chi connectivity index (χ3v) is 4.91. The van der Waals surface area contributed by atoms with Crippen molar-refractivity contribution in [1.29, 1.82) is 5.26 Å². The standard InChI is InChI=1S/C24H17N3O4/c1-2-31-24(30)21-12-17(16-9-7-15(13-25)8-10-16)11-18(26-21)14-27-22(28)19-5-3-4-6-20(19)23(27)29/h3-12H,2,14H2,1H3. The van der Waals surface area contributed by atoms with Gasteiger partial charge in [-0.15, -0.1) is 0 Å². The Morgan fingerprint density at radius 1 is 1.00 bits per heavy atom. The van der Waals surface area contributed by atoms with E-state index in [1.54, 1.807) is 67.6 Å². The van der Waals surface area contributed by atoms with Crippen molar-refractivity contribution in [1.82, 2.24) is 9.88 Å². The van der Waals surface area contributed by atoms with E-state index in [1.807, 2.05) is 0 Å². The fourth-order valence-electron chi connectivity index (χ4n) is 3.43. The number of esters is 1. The number of nitriles is 1. The van der Waals surface area contributed by atoms with Crippen molar-refractivity contribution < 1.29 is 19.1 Å². The number of carbonyl (C=O) groups is 3. The Kier molecular flexibility index (Phi) is 5.29. The lowest BCUT2D eigenvalue weighted by molar-refractivity contribution is 0.0519. The molecular formula is C24H17N3O4. The maximum Gasteiger partial charge on any atom is 0.356 e. The van der Waals surface area contributed by atoms with Crippen molar-refractivity contribution >= 4 is 17.8 Å². The SMILES string of the molecule is CCOC(=O)c1cc(-c2ccc(C#N)cc2)cc(CN2C(=O)c3ccccc3C2=O)n1. The molecule has 1 aliphatic rings. The molecule has 0 unspecified atom stereocenters. The minimum atomic E-state index is -0.596. The van der Waals surface area contributed by atoms with E-state index in [2.05, 4.69) is 11.1 Å². The van der Waals surface area contributed by atoms with Crippen molar-refractivity contribution in [3.8, 4) is 17.2 Å². The summed E-state index contributed by atoms with van der Waals surface area (Å²) in [6.45, 7) is 1.81. The van der Waals surface area contributed by atoms with Gasteiger partial charge in [-0.3, -0.25) is 14.5 Å². The Morgan fingerprint density at radius 2 is 1.65 bits per heavy atom. The molecule has 0 radical (unpaired) electrons. The van der Waals surface area contributed by atoms with Crippen LogP contribution in [0.5, 0.6) is 0 Å². The second kappa shape index (κ2) is 8.20. The van der Waals surface area contributed by atoms with Gasteiger partial charge < -0.3 is 4.74 Å². The number of ether oxygens (including phenoxy) is 1. The average molecular weight is 411 g/mol. The summed E-state index contributed by atoms with van der Waals surface area (Å²) in [5.74, 6) is -1.39. The van der Waals surface area contributed by atoms with Crippen LogP contribution in [-0.2, 0) is 11.3 Å². The van der Waals surface area contributed by atoms with Crippen LogP contribution >= 0.6 is 0 Å². The van der Waals surface area contributed by atoms with Gasteiger partial charge in [-0.2, -0.15) is 5.26 Å². The van der Waals surface area contributed by atoms with Crippen LogP contribution in [0.3, 0.4) is 0 Å². The van der Waals surface area contributed by atoms with Gasteiger partial charge in [0.15, 0.2) is 0 Å². The van der Waals surface area contributed by atoms with E-state index in [1.165, 1.54) is 0 Å². The summed E-state index contributed by atoms with van der Waals surface area (Å²) in [6.07, 6.45) is 0. The Hall–Kier alpha value is -4.31. The molecule has 0 fully saturated rings. The molecule has 0 bridgehead atoms. The highest BCUT2D eigenvalue weighted by Gasteiger charge is 2.35. The van der Waals surface area contributed by atoms with Gasteiger partial charge in [-0.25, -0.2) is 9.78 Å². The van der Waals surface area contributed by atoms with Gasteiger partial charge in [0, 0.05) is 0 Å². The van der Waals surface area contributed by atoms with Crippen molar-refractivity contribution in [2.75, 3.05) is 6.61 Å². The molecule has 3 aromatic rings. The maximum atomic E-state index is 12.7. The number of nitrogens with zero attached hydrogens (tertiary/aromatic N) is 3. The molecule has 1 aliphatic heterocycles. The summed E-state index contributed by atoms with van der Waals surface area (Å²) < 4.78 is 5.08. The fourth-order valence-corrected chi connectivity index (χ4v) is 3.43. The smallest absolute Gasteiger partial charge is 0.356 e. The predicted octanol–water partition coefficient (Wildman–Crippen LogP) is 3.59. The van der Waals surface area contributed by atoms with Crippen molar-refractivity contribution in [2.24, 2.45) is 0 Å². The molecule has 2 aromatic carbocycles. The third kappa shape index (κ3) is 3.79. The van der Waals surface area contributed by atoms with Gasteiger partial charge in [-0.1, -0.05) is 24.3 Å². The summed E-state index contributed by atoms with van der Waals surface area (Å²) >= 11 is 0. The zero-order chi connectivity index (χ0) is 22.0. The van der Waals surface area contributed by atoms with Crippen LogP contribution in [0.4, 0.5) is 0 Å². The molecule has 4 rings (SSSR count). The second-order valence-electron chi connectivity index (χ2n) is 6.88. The van der Waals surface area contributed by atoms with E-state index in [4.69, 9.17) is 10.00 Å². The average Bonchev–Trinajstić information content (AvgIpc) is 3.04. The van der Waals surface area contributed by atoms with E-state index in [-0.39, 0.29) is 18.8 Å². The van der Waals surface area contributed by atoms with Gasteiger partial charge in [0.2, 0.25) is 0 Å². The summed E-state index contributed by atoms with van der Waals surface area (Å²) in [5.41, 5.74) is 3.08. The zero-order valence-corrected chi connectivity index (χ0v) is 16.7. The van der Waals surface area contributed by atoms with E-state index in [0.29, 0.717) is 27.9 Å².